The molecule has 8 atom stereocenters. The second-order valence-electron chi connectivity index (χ2n) is 15.6. The third-order valence-corrected chi connectivity index (χ3v) is 15.0. The minimum absolute atomic E-state index is 0.0676. The van der Waals surface area contributed by atoms with Crippen molar-refractivity contribution >= 4 is 39.0 Å². The number of nitrogens with zero attached hydrogens (tertiary/aromatic N) is 4. The Morgan fingerprint density at radius 2 is 2.04 bits per heavy atom. The average Bonchev–Trinajstić information content (AvgIpc) is 3.48. The number of nitrogens with one attached hydrogen (secondary N) is 1. The van der Waals surface area contributed by atoms with Gasteiger partial charge in [-0.1, -0.05) is 30.7 Å². The summed E-state index contributed by atoms with van der Waals surface area (Å²) in [6.07, 6.45) is 8.24. The summed E-state index contributed by atoms with van der Waals surface area (Å²) >= 11 is 6.47. The van der Waals surface area contributed by atoms with Gasteiger partial charge in [-0.2, -0.15) is 0 Å². The fourth-order valence-electron chi connectivity index (χ4n) is 9.13. The van der Waals surface area contributed by atoms with Crippen LogP contribution in [0, 0.1) is 17.8 Å². The Morgan fingerprint density at radius 3 is 2.76 bits per heavy atom. The molecule has 7 rings (SSSR count). The van der Waals surface area contributed by atoms with Crippen molar-refractivity contribution in [2.24, 2.45) is 29.2 Å². The van der Waals surface area contributed by atoms with Gasteiger partial charge in [0.25, 0.3) is 11.8 Å². The van der Waals surface area contributed by atoms with E-state index in [-0.39, 0.29) is 41.1 Å². The van der Waals surface area contributed by atoms with Gasteiger partial charge in [0.15, 0.2) is 0 Å². The number of ether oxygens (including phenoxy) is 4. The molecule has 2 aliphatic carbocycles. The maximum atomic E-state index is 15.1. The van der Waals surface area contributed by atoms with Crippen LogP contribution in [-0.2, 0) is 38.3 Å². The Hall–Kier alpha value is -3.91. The fraction of sp³-hybridized carbons (Fsp3) is 0.537. The zero-order valence-corrected chi connectivity index (χ0v) is 33.9. The van der Waals surface area contributed by atoms with Crippen molar-refractivity contribution in [2.45, 2.75) is 75.2 Å². The highest BCUT2D eigenvalue weighted by atomic mass is 35.5. The number of rotatable bonds is 10. The molecule has 2 amide bonds. The number of fused-ring (bicyclic) bond motifs is 3. The van der Waals surface area contributed by atoms with Crippen LogP contribution in [0.1, 0.15) is 77.8 Å². The molecule has 1 aromatic heterocycles. The molecular weight excluding hydrogens is 742 g/mol. The molecule has 1 saturated heterocycles. The molecule has 1 N–H and O–H groups in total. The molecule has 14 heteroatoms. The first-order valence-corrected chi connectivity index (χ1v) is 21.1. The Kier molecular flexibility index (Phi) is 11.4. The number of carbonyl (C=O) groups is 2. The normalized spacial score (nSPS) is 27.6. The molecule has 8 unspecified atom stereocenters. The van der Waals surface area contributed by atoms with E-state index in [4.69, 9.17) is 30.5 Å². The largest absolute Gasteiger partial charge is 0.490 e. The van der Waals surface area contributed by atoms with E-state index >= 15 is 4.21 Å². The van der Waals surface area contributed by atoms with Gasteiger partial charge in [0.1, 0.15) is 21.2 Å². The SMILES string of the molecule is C=CC1OCCC(S(=O)(=NC(=O)c2ccc3c(c2)N(CC2CCC2C(C)OC)CC2(CCCc4cc(Cl)ccc42)CO3)NC(=O)c2cn(C)nc2OC)C1C. The molecule has 0 radical (unpaired) electrons. The zero-order chi connectivity index (χ0) is 39.1. The molecule has 12 nitrogen and oxygen atoms in total. The van der Waals surface area contributed by atoms with Crippen molar-refractivity contribution in [1.82, 2.24) is 14.5 Å². The lowest BCUT2D eigenvalue weighted by atomic mass is 9.68. The summed E-state index contributed by atoms with van der Waals surface area (Å²) in [4.78, 5) is 30.5. The molecule has 1 saturated carbocycles. The van der Waals surface area contributed by atoms with E-state index in [1.165, 1.54) is 29.1 Å². The summed E-state index contributed by atoms with van der Waals surface area (Å²) in [6, 6.07) is 11.5. The summed E-state index contributed by atoms with van der Waals surface area (Å²) in [5, 5.41) is 4.19. The van der Waals surface area contributed by atoms with Gasteiger partial charge in [-0.3, -0.25) is 19.0 Å². The van der Waals surface area contributed by atoms with Crippen LogP contribution in [0.15, 0.2) is 59.6 Å². The lowest BCUT2D eigenvalue weighted by Crippen LogP contribution is -2.49. The quantitative estimate of drug-likeness (QED) is 0.227. The van der Waals surface area contributed by atoms with E-state index in [0.29, 0.717) is 37.2 Å². The molecule has 3 heterocycles. The van der Waals surface area contributed by atoms with Crippen molar-refractivity contribution in [1.29, 1.82) is 0 Å². The van der Waals surface area contributed by atoms with Crippen molar-refractivity contribution in [2.75, 3.05) is 45.4 Å². The minimum Gasteiger partial charge on any atom is -0.490 e. The van der Waals surface area contributed by atoms with Gasteiger partial charge in [0.2, 0.25) is 5.88 Å². The first-order valence-electron chi connectivity index (χ1n) is 19.2. The molecule has 3 aromatic rings. The van der Waals surface area contributed by atoms with Gasteiger partial charge in [0, 0.05) is 62.0 Å². The molecule has 0 bridgehead atoms. The van der Waals surface area contributed by atoms with E-state index in [9.17, 15) is 9.59 Å². The molecule has 2 aromatic carbocycles. The topological polar surface area (TPSA) is 134 Å². The molecular formula is C41H52ClN5O7S. The van der Waals surface area contributed by atoms with Gasteiger partial charge >= 0.3 is 0 Å². The molecule has 1 spiro atoms. The number of hydrogen-bond acceptors (Lipinski definition) is 9. The average molecular weight is 794 g/mol. The highest BCUT2D eigenvalue weighted by Gasteiger charge is 2.45. The lowest BCUT2D eigenvalue weighted by Gasteiger charge is -2.45. The zero-order valence-electron chi connectivity index (χ0n) is 32.3. The number of anilines is 1. The standard InChI is InChI=1S/C41H52ClN5O7S/c1-7-35-25(2)37(16-18-53-35)55(50,45-39(49)32-22-46(4)43-40(32)52-6)44-38(48)28-11-15-36-34(20-28)47(21-29-10-13-31(29)26(3)51-5)23-41(24-54-36)17-8-9-27-19-30(42)12-14-33(27)41/h7,11-12,14-15,19-20,22,25-26,29,31,35,37H,1,8-10,13,16-18,21,23-24H2,2-6H3,(H,44,45,48,49,50). The number of aromatic nitrogens is 2. The van der Waals surface area contributed by atoms with Crippen LogP contribution >= 0.6 is 11.6 Å². The van der Waals surface area contributed by atoms with E-state index < -0.39 is 33.1 Å². The van der Waals surface area contributed by atoms with E-state index in [2.05, 4.69) is 44.7 Å². The Labute approximate surface area is 329 Å². The molecule has 296 valence electrons. The Balaban J connectivity index is 1.28. The third kappa shape index (κ3) is 7.65. The Morgan fingerprint density at radius 1 is 1.22 bits per heavy atom. The van der Waals surface area contributed by atoms with E-state index in [1.807, 2.05) is 25.1 Å². The molecule has 4 aliphatic rings. The van der Waals surface area contributed by atoms with Gasteiger partial charge < -0.3 is 23.8 Å². The maximum Gasteiger partial charge on any atom is 0.286 e. The second kappa shape index (κ2) is 15.9. The monoisotopic (exact) mass is 793 g/mol. The number of halogens is 1. The summed E-state index contributed by atoms with van der Waals surface area (Å²) in [5.74, 6) is -0.225. The summed E-state index contributed by atoms with van der Waals surface area (Å²) in [6.45, 7) is 10.1. The van der Waals surface area contributed by atoms with Crippen molar-refractivity contribution in [3.05, 3.63) is 82.5 Å². The fourth-order valence-corrected chi connectivity index (χ4v) is 11.5. The molecule has 2 aliphatic heterocycles. The van der Waals surface area contributed by atoms with Gasteiger partial charge in [-0.15, -0.1) is 16.0 Å². The minimum atomic E-state index is -3.74. The van der Waals surface area contributed by atoms with Crippen LogP contribution in [-0.4, -0.2) is 83.8 Å². The van der Waals surface area contributed by atoms with Crippen LogP contribution in [0.25, 0.3) is 0 Å². The highest BCUT2D eigenvalue weighted by Crippen LogP contribution is 2.47. The first kappa shape index (κ1) is 39.3. The smallest absolute Gasteiger partial charge is 0.286 e. The van der Waals surface area contributed by atoms with Crippen molar-refractivity contribution in [3.8, 4) is 11.6 Å². The van der Waals surface area contributed by atoms with Crippen LogP contribution < -0.4 is 19.1 Å². The van der Waals surface area contributed by atoms with Gasteiger partial charge in [0.05, 0.1) is 36.9 Å². The number of benzene rings is 2. The van der Waals surface area contributed by atoms with Crippen LogP contribution in [0.2, 0.25) is 5.02 Å². The highest BCUT2D eigenvalue weighted by molar-refractivity contribution is 7.93. The van der Waals surface area contributed by atoms with E-state index in [0.717, 1.165) is 49.4 Å². The van der Waals surface area contributed by atoms with Crippen LogP contribution in [0.4, 0.5) is 5.69 Å². The summed E-state index contributed by atoms with van der Waals surface area (Å²) in [7, 11) is 1.08. The first-order chi connectivity index (χ1) is 26.4. The van der Waals surface area contributed by atoms with Crippen LogP contribution in [0.5, 0.6) is 11.6 Å². The number of methoxy groups -OCH3 is 2. The third-order valence-electron chi connectivity index (χ3n) is 12.3. The van der Waals surface area contributed by atoms with Gasteiger partial charge in [-0.25, -0.2) is 4.21 Å². The van der Waals surface area contributed by atoms with Crippen molar-refractivity contribution in [3.63, 3.8) is 0 Å². The number of amides is 2. The number of aryl methyl sites for hydroxylation is 2. The summed E-state index contributed by atoms with van der Waals surface area (Å²) < 4.78 is 47.3. The molecule has 55 heavy (non-hydrogen) atoms. The summed E-state index contributed by atoms with van der Waals surface area (Å²) in [5.41, 5.74) is 3.33. The lowest BCUT2D eigenvalue weighted by molar-refractivity contribution is -0.00436. The molecule has 2 fully saturated rings. The predicted octanol–water partition coefficient (Wildman–Crippen LogP) is 6.55. The Bertz CT molecular complexity index is 2080. The number of hydrogen-bond donors (Lipinski definition) is 1. The predicted molar refractivity (Wildman–Crippen MR) is 213 cm³/mol. The van der Waals surface area contributed by atoms with E-state index in [1.54, 1.807) is 26.3 Å². The van der Waals surface area contributed by atoms with Crippen LogP contribution in [0.3, 0.4) is 0 Å². The maximum absolute atomic E-state index is 15.1. The van der Waals surface area contributed by atoms with Crippen molar-refractivity contribution < 1.29 is 32.7 Å². The van der Waals surface area contributed by atoms with Gasteiger partial charge in [-0.05, 0) is 98.7 Å². The second-order valence-corrected chi connectivity index (χ2v) is 18.2. The number of carbonyl (C=O) groups excluding carboxylic acids is 2.